The maximum absolute atomic E-state index is 9.69. The second-order valence-electron chi connectivity index (χ2n) is 1.11. The molecular formula is C3H9O2P. The van der Waals surface area contributed by atoms with Crippen molar-refractivity contribution < 1.29 is 9.67 Å². The van der Waals surface area contributed by atoms with Crippen LogP contribution >= 0.6 is 8.46 Å². The van der Waals surface area contributed by atoms with Crippen LogP contribution in [-0.4, -0.2) is 11.0 Å². The molecule has 0 saturated carbocycles. The third-order valence-electron chi connectivity index (χ3n) is 0.575. The summed E-state index contributed by atoms with van der Waals surface area (Å²) >= 11 is 0. The van der Waals surface area contributed by atoms with Gasteiger partial charge in [-0.1, -0.05) is 6.92 Å². The zero-order chi connectivity index (χ0) is 4.99. The predicted octanol–water partition coefficient (Wildman–Crippen LogP) is 0.471. The molecule has 6 heavy (non-hydrogen) atoms. The minimum absolute atomic E-state index is 0.537. The molecule has 2 unspecified atom stereocenters. The summed E-state index contributed by atoms with van der Waals surface area (Å²) in [6.45, 7) is 1.80. The van der Waals surface area contributed by atoms with Crippen molar-refractivity contribution in [3.05, 3.63) is 0 Å². The maximum atomic E-state index is 9.69. The van der Waals surface area contributed by atoms with Gasteiger partial charge in [-0.15, -0.1) is 0 Å². The number of hydrogen-bond donors (Lipinski definition) is 1. The van der Waals surface area contributed by atoms with Crippen LogP contribution in [0.2, 0.25) is 0 Å². The maximum Gasteiger partial charge on any atom is 0.102 e. The fraction of sp³-hybridized carbons (Fsp3) is 1.00. The molecule has 0 fully saturated rings. The Balaban J connectivity index is 2.96. The van der Waals surface area contributed by atoms with E-state index in [4.69, 9.17) is 5.11 Å². The zero-order valence-corrected chi connectivity index (χ0v) is 4.87. The van der Waals surface area contributed by atoms with Gasteiger partial charge < -0.3 is 9.67 Å². The molecule has 3 heteroatoms. The first-order valence-electron chi connectivity index (χ1n) is 1.94. The van der Waals surface area contributed by atoms with E-state index in [1.165, 1.54) is 0 Å². The topological polar surface area (TPSA) is 37.3 Å². The lowest BCUT2D eigenvalue weighted by Crippen LogP contribution is -1.89. The summed E-state index contributed by atoms with van der Waals surface area (Å²) in [7, 11) is -0.959. The SMILES string of the molecule is CCC(O)[PH2]=O. The minimum Gasteiger partial charge on any atom is -0.386 e. The van der Waals surface area contributed by atoms with E-state index in [0.29, 0.717) is 6.42 Å². The largest absolute Gasteiger partial charge is 0.386 e. The molecule has 38 valence electrons. The second-order valence-corrected chi connectivity index (χ2v) is 2.15. The van der Waals surface area contributed by atoms with Crippen LogP contribution in [0, 0.1) is 0 Å². The van der Waals surface area contributed by atoms with Crippen LogP contribution in [0.1, 0.15) is 13.3 Å². The molecule has 0 aromatic carbocycles. The molecule has 0 spiro atoms. The smallest absolute Gasteiger partial charge is 0.102 e. The summed E-state index contributed by atoms with van der Waals surface area (Å²) < 4.78 is 9.69. The minimum atomic E-state index is -0.959. The lowest BCUT2D eigenvalue weighted by Gasteiger charge is -1.90. The number of rotatable bonds is 2. The van der Waals surface area contributed by atoms with E-state index in [0.717, 1.165) is 0 Å². The Morgan fingerprint density at radius 2 is 2.50 bits per heavy atom. The molecule has 2 atom stereocenters. The highest BCUT2D eigenvalue weighted by Gasteiger charge is 1.89. The van der Waals surface area contributed by atoms with E-state index in [-0.39, 0.29) is 0 Å². The van der Waals surface area contributed by atoms with Crippen molar-refractivity contribution in [2.45, 2.75) is 19.2 Å². The molecule has 0 rings (SSSR count). The van der Waals surface area contributed by atoms with Crippen molar-refractivity contribution in [2.75, 3.05) is 0 Å². The molecule has 0 bridgehead atoms. The third kappa shape index (κ3) is 2.43. The molecule has 0 heterocycles. The van der Waals surface area contributed by atoms with E-state index in [9.17, 15) is 4.57 Å². The van der Waals surface area contributed by atoms with Gasteiger partial charge in [-0.3, -0.25) is 0 Å². The van der Waals surface area contributed by atoms with Crippen molar-refractivity contribution in [3.63, 3.8) is 0 Å². The lowest BCUT2D eigenvalue weighted by atomic mass is 10.5. The third-order valence-corrected chi connectivity index (χ3v) is 1.36. The Labute approximate surface area is 38.4 Å². The first-order valence-corrected chi connectivity index (χ1v) is 3.08. The fourth-order valence-electron chi connectivity index (χ4n) is 0.0962. The highest BCUT2D eigenvalue weighted by molar-refractivity contribution is 7.24. The molecule has 0 aliphatic heterocycles. The summed E-state index contributed by atoms with van der Waals surface area (Å²) in [6.07, 6.45) is 0.610. The summed E-state index contributed by atoms with van der Waals surface area (Å²) in [5, 5.41) is 8.39. The Kier molecular flexibility index (Phi) is 3.49. The van der Waals surface area contributed by atoms with Crippen LogP contribution in [0.25, 0.3) is 0 Å². The van der Waals surface area contributed by atoms with Crippen molar-refractivity contribution in [1.29, 1.82) is 0 Å². The number of hydrogen-bond acceptors (Lipinski definition) is 2. The van der Waals surface area contributed by atoms with Crippen LogP contribution in [0.3, 0.4) is 0 Å². The van der Waals surface area contributed by atoms with Crippen LogP contribution in [0.4, 0.5) is 0 Å². The van der Waals surface area contributed by atoms with Gasteiger partial charge in [-0.2, -0.15) is 0 Å². The molecule has 1 N–H and O–H groups in total. The van der Waals surface area contributed by atoms with Gasteiger partial charge in [0.1, 0.15) is 5.85 Å². The van der Waals surface area contributed by atoms with E-state index < -0.39 is 14.3 Å². The molecular weight excluding hydrogens is 99.0 g/mol. The summed E-state index contributed by atoms with van der Waals surface area (Å²) in [5.41, 5.74) is 0. The Hall–Kier alpha value is 0.190. The predicted molar refractivity (Wildman–Crippen MR) is 26.7 cm³/mol. The van der Waals surface area contributed by atoms with Gasteiger partial charge in [0.15, 0.2) is 0 Å². The molecule has 0 radical (unpaired) electrons. The standard InChI is InChI=1S/C3H9O2P/c1-2-3(4)6-5/h3-4H,2,6H2,1H3. The van der Waals surface area contributed by atoms with E-state index in [1.807, 2.05) is 0 Å². The first kappa shape index (κ1) is 6.19. The van der Waals surface area contributed by atoms with Crippen LogP contribution in [0.5, 0.6) is 0 Å². The lowest BCUT2D eigenvalue weighted by molar-refractivity contribution is 0.251. The van der Waals surface area contributed by atoms with Crippen molar-refractivity contribution in [1.82, 2.24) is 0 Å². The van der Waals surface area contributed by atoms with Crippen LogP contribution < -0.4 is 0 Å². The Morgan fingerprint density at radius 3 is 2.50 bits per heavy atom. The van der Waals surface area contributed by atoms with E-state index >= 15 is 0 Å². The van der Waals surface area contributed by atoms with Crippen molar-refractivity contribution >= 4 is 8.46 Å². The van der Waals surface area contributed by atoms with Gasteiger partial charge in [0, 0.05) is 0 Å². The first-order chi connectivity index (χ1) is 2.81. The molecule has 0 saturated heterocycles. The number of aliphatic hydroxyl groups is 1. The van der Waals surface area contributed by atoms with E-state index in [1.54, 1.807) is 6.92 Å². The molecule has 0 aliphatic carbocycles. The molecule has 0 aromatic heterocycles. The zero-order valence-electron chi connectivity index (χ0n) is 3.72. The summed E-state index contributed by atoms with van der Waals surface area (Å²) in [5.74, 6) is -0.537. The van der Waals surface area contributed by atoms with Gasteiger partial charge in [0.25, 0.3) is 0 Å². The van der Waals surface area contributed by atoms with Gasteiger partial charge >= 0.3 is 0 Å². The average molecular weight is 108 g/mol. The summed E-state index contributed by atoms with van der Waals surface area (Å²) in [6, 6.07) is 0. The average Bonchev–Trinajstić information content (AvgIpc) is 1.65. The molecule has 0 aliphatic rings. The quantitative estimate of drug-likeness (QED) is 0.522. The fourth-order valence-corrected chi connectivity index (χ4v) is 0.289. The van der Waals surface area contributed by atoms with Gasteiger partial charge in [0.2, 0.25) is 0 Å². The highest BCUT2D eigenvalue weighted by Crippen LogP contribution is 2.03. The van der Waals surface area contributed by atoms with E-state index in [2.05, 4.69) is 0 Å². The second kappa shape index (κ2) is 3.38. The monoisotopic (exact) mass is 108 g/mol. The van der Waals surface area contributed by atoms with Crippen molar-refractivity contribution in [3.8, 4) is 0 Å². The van der Waals surface area contributed by atoms with Crippen LogP contribution in [-0.2, 0) is 4.57 Å². The number of aliphatic hydroxyl groups excluding tert-OH is 1. The summed E-state index contributed by atoms with van der Waals surface area (Å²) in [4.78, 5) is 0. The Morgan fingerprint density at radius 1 is 2.00 bits per heavy atom. The molecule has 0 aromatic rings. The normalized spacial score (nSPS) is 16.3. The highest BCUT2D eigenvalue weighted by atomic mass is 31.1. The van der Waals surface area contributed by atoms with Crippen molar-refractivity contribution in [2.24, 2.45) is 0 Å². The van der Waals surface area contributed by atoms with Gasteiger partial charge in [-0.25, -0.2) is 0 Å². The molecule has 2 nitrogen and oxygen atoms in total. The van der Waals surface area contributed by atoms with Gasteiger partial charge in [-0.05, 0) is 6.42 Å². The Bertz CT molecular complexity index is 46.1. The van der Waals surface area contributed by atoms with Crippen LogP contribution in [0.15, 0.2) is 0 Å². The molecule has 0 amide bonds. The van der Waals surface area contributed by atoms with Gasteiger partial charge in [0.05, 0.1) is 8.46 Å².